The number of hydrogen-bond acceptors (Lipinski definition) is 4. The lowest BCUT2D eigenvalue weighted by atomic mass is 10.1. The molecule has 1 amide bonds. The number of hydrogen-bond donors (Lipinski definition) is 3. The molecule has 0 heterocycles. The van der Waals surface area contributed by atoms with Crippen molar-refractivity contribution in [2.75, 3.05) is 12.4 Å². The highest BCUT2D eigenvalue weighted by Gasteiger charge is 2.15. The lowest BCUT2D eigenvalue weighted by Crippen LogP contribution is -2.06. The number of amides is 1. The van der Waals surface area contributed by atoms with E-state index in [0.29, 0.717) is 5.56 Å². The van der Waals surface area contributed by atoms with Gasteiger partial charge in [-0.1, -0.05) is 0 Å². The van der Waals surface area contributed by atoms with Crippen LogP contribution in [0, 0.1) is 6.92 Å². The number of ether oxygens (including phenoxy) is 1. The Morgan fingerprint density at radius 2 is 2.07 bits per heavy atom. The second-order valence-corrected chi connectivity index (χ2v) is 3.13. The number of methoxy groups -OCH3 is 1. The van der Waals surface area contributed by atoms with Gasteiger partial charge in [0.1, 0.15) is 5.75 Å². The van der Waals surface area contributed by atoms with Crippen LogP contribution < -0.4 is 10.1 Å². The summed E-state index contributed by atoms with van der Waals surface area (Å²) in [5.41, 5.74) is 0.541. The van der Waals surface area contributed by atoms with E-state index in [0.717, 1.165) is 0 Å². The van der Waals surface area contributed by atoms with Crippen LogP contribution in [0.25, 0.3) is 0 Å². The molecule has 0 saturated heterocycles. The molecule has 3 N–H and O–H groups in total. The van der Waals surface area contributed by atoms with Gasteiger partial charge < -0.3 is 20.3 Å². The molecule has 1 aromatic rings. The normalized spacial score (nSPS) is 9.80. The average molecular weight is 211 g/mol. The molecule has 0 aromatic heterocycles. The van der Waals surface area contributed by atoms with Gasteiger partial charge in [0.25, 0.3) is 0 Å². The SMILES string of the molecule is COc1c(O)cc(NC(C)=O)c(O)c1C. The lowest BCUT2D eigenvalue weighted by molar-refractivity contribution is -0.114. The van der Waals surface area contributed by atoms with Crippen LogP contribution in [0.2, 0.25) is 0 Å². The molecule has 0 aliphatic rings. The summed E-state index contributed by atoms with van der Waals surface area (Å²) in [4.78, 5) is 10.8. The maximum atomic E-state index is 10.8. The number of phenols is 2. The molecule has 1 rings (SSSR count). The Hall–Kier alpha value is -1.91. The van der Waals surface area contributed by atoms with E-state index >= 15 is 0 Å². The summed E-state index contributed by atoms with van der Waals surface area (Å²) in [5.74, 6) is -0.368. The monoisotopic (exact) mass is 211 g/mol. The number of carbonyl (C=O) groups excluding carboxylic acids is 1. The summed E-state index contributed by atoms with van der Waals surface area (Å²) in [6.45, 7) is 2.90. The lowest BCUT2D eigenvalue weighted by Gasteiger charge is -2.12. The molecular weight excluding hydrogens is 198 g/mol. The summed E-state index contributed by atoms with van der Waals surface area (Å²) >= 11 is 0. The van der Waals surface area contributed by atoms with Crippen LogP contribution in [0.15, 0.2) is 6.07 Å². The fraction of sp³-hybridized carbons (Fsp3) is 0.300. The van der Waals surface area contributed by atoms with E-state index in [4.69, 9.17) is 4.74 Å². The molecular formula is C10H13NO4. The van der Waals surface area contributed by atoms with E-state index in [1.165, 1.54) is 20.1 Å². The first kappa shape index (κ1) is 11.2. The third-order valence-corrected chi connectivity index (χ3v) is 1.98. The van der Waals surface area contributed by atoms with Gasteiger partial charge in [-0.2, -0.15) is 0 Å². The van der Waals surface area contributed by atoms with E-state index in [9.17, 15) is 15.0 Å². The van der Waals surface area contributed by atoms with E-state index < -0.39 is 0 Å². The number of phenolic OH excluding ortho intramolecular Hbond substituents is 2. The van der Waals surface area contributed by atoms with Crippen LogP contribution >= 0.6 is 0 Å². The fourth-order valence-corrected chi connectivity index (χ4v) is 1.31. The minimum absolute atomic E-state index is 0.111. The van der Waals surface area contributed by atoms with Crippen molar-refractivity contribution < 1.29 is 19.7 Å². The highest BCUT2D eigenvalue weighted by atomic mass is 16.5. The topological polar surface area (TPSA) is 78.8 Å². The Bertz CT molecular complexity index is 401. The summed E-state index contributed by atoms with van der Waals surface area (Å²) in [6, 6.07) is 1.24. The van der Waals surface area contributed by atoms with Crippen molar-refractivity contribution in [3.63, 3.8) is 0 Å². The maximum Gasteiger partial charge on any atom is 0.221 e. The molecule has 82 valence electrons. The van der Waals surface area contributed by atoms with E-state index in [1.807, 2.05) is 0 Å². The summed E-state index contributed by atoms with van der Waals surface area (Å²) in [7, 11) is 1.39. The first-order valence-corrected chi connectivity index (χ1v) is 4.34. The van der Waals surface area contributed by atoms with Gasteiger partial charge in [-0.15, -0.1) is 0 Å². The third kappa shape index (κ3) is 2.12. The molecule has 0 fully saturated rings. The van der Waals surface area contributed by atoms with Crippen molar-refractivity contribution in [3.05, 3.63) is 11.6 Å². The molecule has 0 bridgehead atoms. The number of anilines is 1. The second kappa shape index (κ2) is 4.08. The fourth-order valence-electron chi connectivity index (χ4n) is 1.31. The molecule has 0 aliphatic heterocycles. The Kier molecular flexibility index (Phi) is 3.04. The average Bonchev–Trinajstić information content (AvgIpc) is 2.14. The molecule has 0 saturated carbocycles. The summed E-state index contributed by atoms with van der Waals surface area (Å²) in [6.07, 6.45) is 0. The molecule has 0 unspecified atom stereocenters. The molecule has 0 radical (unpaired) electrons. The van der Waals surface area contributed by atoms with Crippen LogP contribution in [-0.4, -0.2) is 23.2 Å². The van der Waals surface area contributed by atoms with E-state index in [1.54, 1.807) is 6.92 Å². The Morgan fingerprint density at radius 3 is 2.53 bits per heavy atom. The van der Waals surface area contributed by atoms with Crippen LogP contribution in [-0.2, 0) is 4.79 Å². The van der Waals surface area contributed by atoms with Gasteiger partial charge in [0, 0.05) is 18.6 Å². The number of carbonyl (C=O) groups is 1. The Balaban J connectivity index is 3.27. The van der Waals surface area contributed by atoms with Gasteiger partial charge in [0.05, 0.1) is 12.8 Å². The summed E-state index contributed by atoms with van der Waals surface area (Å²) < 4.78 is 4.89. The summed E-state index contributed by atoms with van der Waals surface area (Å²) in [5, 5.41) is 21.6. The zero-order chi connectivity index (χ0) is 11.6. The standard InChI is InChI=1S/C10H13NO4/c1-5-9(14)7(11-6(2)12)4-8(13)10(5)15-3/h4,13-14H,1-3H3,(H,11,12). The molecule has 0 spiro atoms. The zero-order valence-electron chi connectivity index (χ0n) is 8.79. The van der Waals surface area contributed by atoms with Gasteiger partial charge in [0.15, 0.2) is 11.5 Å². The molecule has 1 aromatic carbocycles. The number of aromatic hydroxyl groups is 2. The number of benzene rings is 1. The molecule has 15 heavy (non-hydrogen) atoms. The molecule has 0 atom stereocenters. The predicted octanol–water partition coefficient (Wildman–Crippen LogP) is 1.37. The van der Waals surface area contributed by atoms with Gasteiger partial charge in [-0.3, -0.25) is 4.79 Å². The highest BCUT2D eigenvalue weighted by molar-refractivity contribution is 5.91. The minimum Gasteiger partial charge on any atom is -0.505 e. The van der Waals surface area contributed by atoms with Crippen LogP contribution in [0.4, 0.5) is 5.69 Å². The quantitative estimate of drug-likeness (QED) is 0.510. The van der Waals surface area contributed by atoms with Crippen LogP contribution in [0.5, 0.6) is 17.2 Å². The third-order valence-electron chi connectivity index (χ3n) is 1.98. The van der Waals surface area contributed by atoms with Crippen molar-refractivity contribution in [2.45, 2.75) is 13.8 Å². The molecule has 5 heteroatoms. The largest absolute Gasteiger partial charge is 0.505 e. The highest BCUT2D eigenvalue weighted by Crippen LogP contribution is 2.41. The molecule has 5 nitrogen and oxygen atoms in total. The van der Waals surface area contributed by atoms with Crippen molar-refractivity contribution in [1.82, 2.24) is 0 Å². The smallest absolute Gasteiger partial charge is 0.221 e. The predicted molar refractivity (Wildman–Crippen MR) is 55.4 cm³/mol. The van der Waals surface area contributed by atoms with Gasteiger partial charge in [-0.05, 0) is 6.92 Å². The first-order chi connectivity index (χ1) is 6.97. The van der Waals surface area contributed by atoms with Crippen molar-refractivity contribution in [2.24, 2.45) is 0 Å². The number of nitrogens with one attached hydrogen (secondary N) is 1. The molecule has 0 aliphatic carbocycles. The van der Waals surface area contributed by atoms with E-state index in [-0.39, 0.29) is 28.8 Å². The Labute approximate surface area is 87.3 Å². The minimum atomic E-state index is -0.325. The number of rotatable bonds is 2. The zero-order valence-corrected chi connectivity index (χ0v) is 8.79. The van der Waals surface area contributed by atoms with Gasteiger partial charge >= 0.3 is 0 Å². The van der Waals surface area contributed by atoms with Crippen LogP contribution in [0.3, 0.4) is 0 Å². The maximum absolute atomic E-state index is 10.8. The van der Waals surface area contributed by atoms with Crippen LogP contribution in [0.1, 0.15) is 12.5 Å². The Morgan fingerprint density at radius 1 is 1.47 bits per heavy atom. The van der Waals surface area contributed by atoms with E-state index in [2.05, 4.69) is 5.32 Å². The van der Waals surface area contributed by atoms with Gasteiger partial charge in [0.2, 0.25) is 5.91 Å². The van der Waals surface area contributed by atoms with Crippen molar-refractivity contribution in [1.29, 1.82) is 0 Å². The van der Waals surface area contributed by atoms with Crippen molar-refractivity contribution in [3.8, 4) is 17.2 Å². The van der Waals surface area contributed by atoms with Gasteiger partial charge in [-0.25, -0.2) is 0 Å². The second-order valence-electron chi connectivity index (χ2n) is 3.13. The van der Waals surface area contributed by atoms with Crippen molar-refractivity contribution >= 4 is 11.6 Å². The first-order valence-electron chi connectivity index (χ1n) is 4.34.